The van der Waals surface area contributed by atoms with Crippen LogP contribution in [0.1, 0.15) is 11.1 Å². The van der Waals surface area contributed by atoms with Crippen LogP contribution in [0.2, 0.25) is 0 Å². The summed E-state index contributed by atoms with van der Waals surface area (Å²) in [5.41, 5.74) is 8.35. The Morgan fingerprint density at radius 2 is 2.14 bits per heavy atom. The van der Waals surface area contributed by atoms with E-state index >= 15 is 0 Å². The first-order valence-electron chi connectivity index (χ1n) is 4.19. The first-order valence-corrected chi connectivity index (χ1v) is 5.08. The number of nitrogens with two attached hydrogens (primary N) is 1. The SMILES string of the molecule is C=Cc1cccc(CN)c1N=C.CS. The number of aliphatic imine (C=N–C) groups is 1. The molecule has 14 heavy (non-hydrogen) atoms. The summed E-state index contributed by atoms with van der Waals surface area (Å²) in [6.45, 7) is 7.66. The van der Waals surface area contributed by atoms with Crippen molar-refractivity contribution in [3.05, 3.63) is 35.9 Å². The van der Waals surface area contributed by atoms with Crippen LogP contribution >= 0.6 is 12.6 Å². The van der Waals surface area contributed by atoms with Crippen LogP contribution in [0, 0.1) is 0 Å². The van der Waals surface area contributed by atoms with Crippen LogP contribution in [0.5, 0.6) is 0 Å². The molecule has 0 bridgehead atoms. The molecule has 0 saturated heterocycles. The van der Waals surface area contributed by atoms with E-state index in [4.69, 9.17) is 5.73 Å². The summed E-state index contributed by atoms with van der Waals surface area (Å²) in [7, 11) is 0. The minimum atomic E-state index is 0.482. The highest BCUT2D eigenvalue weighted by Gasteiger charge is 2.01. The monoisotopic (exact) mass is 208 g/mol. The predicted molar refractivity (Wildman–Crippen MR) is 68.5 cm³/mol. The Morgan fingerprint density at radius 3 is 2.57 bits per heavy atom. The van der Waals surface area contributed by atoms with Gasteiger partial charge in [0.15, 0.2) is 0 Å². The molecule has 3 heteroatoms. The van der Waals surface area contributed by atoms with Gasteiger partial charge in [-0.2, -0.15) is 12.6 Å². The molecule has 0 aliphatic heterocycles. The quantitative estimate of drug-likeness (QED) is 0.581. The normalized spacial score (nSPS) is 8.50. The van der Waals surface area contributed by atoms with Crippen LogP contribution in [0.4, 0.5) is 5.69 Å². The molecule has 0 aliphatic carbocycles. The van der Waals surface area contributed by atoms with Crippen molar-refractivity contribution < 1.29 is 0 Å². The summed E-state index contributed by atoms with van der Waals surface area (Å²) in [5.74, 6) is 0. The minimum Gasteiger partial charge on any atom is -0.326 e. The largest absolute Gasteiger partial charge is 0.326 e. The fourth-order valence-electron chi connectivity index (χ4n) is 1.13. The highest BCUT2D eigenvalue weighted by atomic mass is 32.1. The van der Waals surface area contributed by atoms with Gasteiger partial charge in [0.25, 0.3) is 0 Å². The van der Waals surface area contributed by atoms with E-state index in [0.29, 0.717) is 6.54 Å². The van der Waals surface area contributed by atoms with Crippen LogP contribution in [-0.2, 0) is 6.54 Å². The number of para-hydroxylation sites is 1. The standard InChI is InChI=1S/C10H12N2.CH4S/c1-3-8-5-4-6-9(7-11)10(8)12-2;1-2/h3-6H,1-2,7,11H2;2H,1H3. The Labute approximate surface area is 91.0 Å². The van der Waals surface area contributed by atoms with Gasteiger partial charge in [-0.05, 0) is 24.1 Å². The molecule has 1 aromatic rings. The van der Waals surface area contributed by atoms with Crippen LogP contribution in [-0.4, -0.2) is 13.0 Å². The van der Waals surface area contributed by atoms with E-state index in [-0.39, 0.29) is 0 Å². The van der Waals surface area contributed by atoms with Gasteiger partial charge >= 0.3 is 0 Å². The average molecular weight is 208 g/mol. The lowest BCUT2D eigenvalue weighted by atomic mass is 10.1. The maximum absolute atomic E-state index is 5.53. The van der Waals surface area contributed by atoms with Gasteiger partial charge in [0, 0.05) is 6.54 Å². The number of benzene rings is 1. The molecule has 0 unspecified atom stereocenters. The van der Waals surface area contributed by atoms with E-state index in [1.165, 1.54) is 0 Å². The molecule has 0 aliphatic rings. The van der Waals surface area contributed by atoms with Crippen LogP contribution in [0.15, 0.2) is 29.8 Å². The zero-order chi connectivity index (χ0) is 11.0. The number of nitrogens with zero attached hydrogens (tertiary/aromatic N) is 1. The number of hydrogen-bond acceptors (Lipinski definition) is 3. The molecule has 0 radical (unpaired) electrons. The van der Waals surface area contributed by atoms with Crippen molar-refractivity contribution in [2.24, 2.45) is 10.7 Å². The summed E-state index contributed by atoms with van der Waals surface area (Å²) in [6.07, 6.45) is 3.45. The van der Waals surface area contributed by atoms with E-state index in [1.807, 2.05) is 18.2 Å². The molecule has 0 spiro atoms. The topological polar surface area (TPSA) is 38.4 Å². The smallest absolute Gasteiger partial charge is 0.0739 e. The summed E-state index contributed by atoms with van der Waals surface area (Å²) in [5, 5.41) is 0. The van der Waals surface area contributed by atoms with E-state index < -0.39 is 0 Å². The molecule has 2 nitrogen and oxygen atoms in total. The second-order valence-electron chi connectivity index (χ2n) is 2.42. The lowest BCUT2D eigenvalue weighted by Crippen LogP contribution is -1.96. The minimum absolute atomic E-state index is 0.482. The third-order valence-electron chi connectivity index (χ3n) is 1.75. The third kappa shape index (κ3) is 3.01. The molecule has 2 N–H and O–H groups in total. The number of rotatable bonds is 3. The fraction of sp³-hybridized carbons (Fsp3) is 0.182. The highest BCUT2D eigenvalue weighted by Crippen LogP contribution is 2.24. The van der Waals surface area contributed by atoms with E-state index in [2.05, 4.69) is 30.9 Å². The van der Waals surface area contributed by atoms with Gasteiger partial charge in [-0.15, -0.1) is 0 Å². The summed E-state index contributed by atoms with van der Waals surface area (Å²) in [4.78, 5) is 3.91. The summed E-state index contributed by atoms with van der Waals surface area (Å²) in [6, 6.07) is 5.82. The van der Waals surface area contributed by atoms with Crippen molar-refractivity contribution in [1.29, 1.82) is 0 Å². The lowest BCUT2D eigenvalue weighted by molar-refractivity contribution is 1.07. The Kier molecular flexibility index (Phi) is 6.80. The van der Waals surface area contributed by atoms with Gasteiger partial charge in [0.1, 0.15) is 0 Å². The van der Waals surface area contributed by atoms with E-state index in [9.17, 15) is 0 Å². The molecule has 0 amide bonds. The van der Waals surface area contributed by atoms with Gasteiger partial charge in [-0.3, -0.25) is 4.99 Å². The molecular weight excluding hydrogens is 192 g/mol. The molecule has 0 heterocycles. The Morgan fingerprint density at radius 1 is 1.50 bits per heavy atom. The van der Waals surface area contributed by atoms with Crippen LogP contribution < -0.4 is 5.73 Å². The average Bonchev–Trinajstić information content (AvgIpc) is 2.30. The van der Waals surface area contributed by atoms with E-state index in [0.717, 1.165) is 16.8 Å². The molecule has 0 fully saturated rings. The van der Waals surface area contributed by atoms with Crippen LogP contribution in [0.25, 0.3) is 6.08 Å². The Hall–Kier alpha value is -1.06. The van der Waals surface area contributed by atoms with Gasteiger partial charge in [0.2, 0.25) is 0 Å². The molecule has 0 aromatic heterocycles. The zero-order valence-electron chi connectivity index (χ0n) is 8.40. The summed E-state index contributed by atoms with van der Waals surface area (Å²) >= 11 is 3.53. The lowest BCUT2D eigenvalue weighted by Gasteiger charge is -2.04. The van der Waals surface area contributed by atoms with Crippen LogP contribution in [0.3, 0.4) is 0 Å². The molecule has 0 saturated carbocycles. The van der Waals surface area contributed by atoms with Gasteiger partial charge in [-0.25, -0.2) is 0 Å². The first-order chi connectivity index (χ1) is 6.83. The van der Waals surface area contributed by atoms with Crippen molar-refractivity contribution in [3.63, 3.8) is 0 Å². The fourth-order valence-corrected chi connectivity index (χ4v) is 1.13. The Balaban J connectivity index is 0.000000791. The van der Waals surface area contributed by atoms with Gasteiger partial charge in [0.05, 0.1) is 5.69 Å². The summed E-state index contributed by atoms with van der Waals surface area (Å²) < 4.78 is 0. The molecular formula is C11H16N2S. The maximum Gasteiger partial charge on any atom is 0.0739 e. The van der Waals surface area contributed by atoms with Crippen molar-refractivity contribution in [2.45, 2.75) is 6.54 Å². The highest BCUT2D eigenvalue weighted by molar-refractivity contribution is 7.79. The van der Waals surface area contributed by atoms with Gasteiger partial charge < -0.3 is 5.73 Å². The molecule has 1 rings (SSSR count). The van der Waals surface area contributed by atoms with Crippen molar-refractivity contribution >= 4 is 31.1 Å². The van der Waals surface area contributed by atoms with Crippen molar-refractivity contribution in [2.75, 3.05) is 6.26 Å². The first kappa shape index (κ1) is 12.9. The molecule has 1 aromatic carbocycles. The van der Waals surface area contributed by atoms with E-state index in [1.54, 1.807) is 12.3 Å². The molecule has 76 valence electrons. The number of thiol groups is 1. The van der Waals surface area contributed by atoms with Gasteiger partial charge in [-0.1, -0.05) is 30.9 Å². The second-order valence-corrected chi connectivity index (χ2v) is 2.42. The third-order valence-corrected chi connectivity index (χ3v) is 1.75. The van der Waals surface area contributed by atoms with Crippen molar-refractivity contribution in [3.8, 4) is 0 Å². The maximum atomic E-state index is 5.53. The molecule has 0 atom stereocenters. The van der Waals surface area contributed by atoms with Crippen molar-refractivity contribution in [1.82, 2.24) is 0 Å². The predicted octanol–water partition coefficient (Wildman–Crippen LogP) is 2.67. The number of hydrogen-bond donors (Lipinski definition) is 2. The Bertz CT molecular complexity index is 308. The second kappa shape index (κ2) is 7.35. The zero-order valence-corrected chi connectivity index (χ0v) is 9.30.